The van der Waals surface area contributed by atoms with Crippen LogP contribution in [0.25, 0.3) is 0 Å². The summed E-state index contributed by atoms with van der Waals surface area (Å²) in [7, 11) is 0. The number of nitrogens with one attached hydrogen (secondary N) is 1. The predicted octanol–water partition coefficient (Wildman–Crippen LogP) is 2.62. The molecule has 1 aliphatic heterocycles. The van der Waals surface area contributed by atoms with Gasteiger partial charge < -0.3 is 14.5 Å². The number of aromatic amines is 1. The Kier molecular flexibility index (Phi) is 3.72. The van der Waals surface area contributed by atoms with Crippen LogP contribution >= 0.6 is 0 Å². The zero-order valence-electron chi connectivity index (χ0n) is 10.5. The Bertz CT molecular complexity index is 522. The molecule has 0 unspecified atom stereocenters. The van der Waals surface area contributed by atoms with Gasteiger partial charge in [0.05, 0.1) is 31.4 Å². The van der Waals surface area contributed by atoms with Crippen molar-refractivity contribution in [3.05, 3.63) is 66.3 Å². The largest absolute Gasteiger partial charge is 0.374 e. The SMILES string of the molecule is C1=C[C@@H](c2cnc[nH]2)O[C@H]1COCc1ccccc1. The van der Waals surface area contributed by atoms with E-state index >= 15 is 0 Å². The van der Waals surface area contributed by atoms with Crippen LogP contribution in [0.4, 0.5) is 0 Å². The summed E-state index contributed by atoms with van der Waals surface area (Å²) >= 11 is 0. The highest BCUT2D eigenvalue weighted by Gasteiger charge is 2.21. The van der Waals surface area contributed by atoms with Crippen molar-refractivity contribution >= 4 is 0 Å². The fraction of sp³-hybridized carbons (Fsp3) is 0.267. The Morgan fingerprint density at radius 2 is 2.11 bits per heavy atom. The second-order valence-corrected chi connectivity index (χ2v) is 4.49. The Morgan fingerprint density at radius 3 is 2.89 bits per heavy atom. The van der Waals surface area contributed by atoms with Gasteiger partial charge in [0.15, 0.2) is 0 Å². The monoisotopic (exact) mass is 256 g/mol. The fourth-order valence-corrected chi connectivity index (χ4v) is 2.07. The van der Waals surface area contributed by atoms with Crippen molar-refractivity contribution in [3.63, 3.8) is 0 Å². The molecule has 98 valence electrons. The summed E-state index contributed by atoms with van der Waals surface area (Å²) in [4.78, 5) is 7.05. The summed E-state index contributed by atoms with van der Waals surface area (Å²) in [6.07, 6.45) is 7.49. The lowest BCUT2D eigenvalue weighted by Gasteiger charge is -2.13. The third kappa shape index (κ3) is 3.10. The molecule has 2 atom stereocenters. The van der Waals surface area contributed by atoms with Gasteiger partial charge in [-0.05, 0) is 5.56 Å². The van der Waals surface area contributed by atoms with Gasteiger partial charge in [-0.3, -0.25) is 0 Å². The van der Waals surface area contributed by atoms with E-state index in [1.165, 1.54) is 5.56 Å². The molecule has 0 radical (unpaired) electrons. The number of benzene rings is 1. The van der Waals surface area contributed by atoms with Gasteiger partial charge in [-0.1, -0.05) is 42.5 Å². The second kappa shape index (κ2) is 5.82. The Balaban J connectivity index is 1.44. The topological polar surface area (TPSA) is 47.1 Å². The van der Waals surface area contributed by atoms with Crippen molar-refractivity contribution in [2.24, 2.45) is 0 Å². The van der Waals surface area contributed by atoms with E-state index in [0.717, 1.165) is 5.69 Å². The average Bonchev–Trinajstić information content (AvgIpc) is 3.10. The Labute approximate surface area is 112 Å². The zero-order valence-corrected chi connectivity index (χ0v) is 10.5. The minimum absolute atomic E-state index is 0.0111. The average molecular weight is 256 g/mol. The molecule has 1 N–H and O–H groups in total. The number of nitrogens with zero attached hydrogens (tertiary/aromatic N) is 1. The number of rotatable bonds is 5. The van der Waals surface area contributed by atoms with Gasteiger partial charge in [-0.15, -0.1) is 0 Å². The first kappa shape index (κ1) is 12.1. The van der Waals surface area contributed by atoms with Crippen LogP contribution in [-0.2, 0) is 16.1 Å². The third-order valence-electron chi connectivity index (χ3n) is 3.04. The molecule has 0 saturated carbocycles. The number of imidazole rings is 1. The van der Waals surface area contributed by atoms with E-state index in [0.29, 0.717) is 13.2 Å². The normalized spacial score (nSPS) is 21.9. The van der Waals surface area contributed by atoms with E-state index < -0.39 is 0 Å². The highest BCUT2D eigenvalue weighted by molar-refractivity contribution is 5.15. The zero-order chi connectivity index (χ0) is 12.9. The van der Waals surface area contributed by atoms with E-state index in [-0.39, 0.29) is 12.2 Å². The first-order valence-corrected chi connectivity index (χ1v) is 6.35. The fourth-order valence-electron chi connectivity index (χ4n) is 2.07. The molecule has 19 heavy (non-hydrogen) atoms. The van der Waals surface area contributed by atoms with Gasteiger partial charge in [0, 0.05) is 0 Å². The molecule has 2 heterocycles. The molecule has 4 nitrogen and oxygen atoms in total. The van der Waals surface area contributed by atoms with Crippen molar-refractivity contribution in [2.45, 2.75) is 18.8 Å². The van der Waals surface area contributed by atoms with E-state index in [1.54, 1.807) is 12.5 Å². The van der Waals surface area contributed by atoms with Crippen molar-refractivity contribution < 1.29 is 9.47 Å². The summed E-state index contributed by atoms with van der Waals surface area (Å²) in [5.74, 6) is 0. The number of hydrogen-bond donors (Lipinski definition) is 1. The highest BCUT2D eigenvalue weighted by Crippen LogP contribution is 2.24. The van der Waals surface area contributed by atoms with Crippen LogP contribution in [0.1, 0.15) is 17.4 Å². The predicted molar refractivity (Wildman–Crippen MR) is 71.4 cm³/mol. The summed E-state index contributed by atoms with van der Waals surface area (Å²) in [6.45, 7) is 1.18. The molecule has 0 bridgehead atoms. The molecule has 1 aromatic carbocycles. The standard InChI is InChI=1S/C15H16N2O2/c1-2-4-12(5-3-1)9-18-10-13-6-7-15(19-13)14-8-16-11-17-14/h1-8,11,13,15H,9-10H2,(H,16,17)/t13-,15+/m1/s1. The van der Waals surface area contributed by atoms with Gasteiger partial charge in [0.25, 0.3) is 0 Å². The van der Waals surface area contributed by atoms with Crippen LogP contribution in [0.3, 0.4) is 0 Å². The van der Waals surface area contributed by atoms with Gasteiger partial charge >= 0.3 is 0 Å². The molecule has 0 fully saturated rings. The molecule has 2 aromatic rings. The summed E-state index contributed by atoms with van der Waals surface area (Å²) in [6, 6.07) is 10.1. The quantitative estimate of drug-likeness (QED) is 0.836. The van der Waals surface area contributed by atoms with E-state index in [1.807, 2.05) is 30.4 Å². The van der Waals surface area contributed by atoms with Crippen molar-refractivity contribution in [1.82, 2.24) is 9.97 Å². The summed E-state index contributed by atoms with van der Waals surface area (Å²) < 4.78 is 11.5. The Morgan fingerprint density at radius 1 is 1.21 bits per heavy atom. The maximum Gasteiger partial charge on any atom is 0.118 e. The van der Waals surface area contributed by atoms with Crippen molar-refractivity contribution in [2.75, 3.05) is 6.61 Å². The van der Waals surface area contributed by atoms with Gasteiger partial charge in [-0.25, -0.2) is 4.98 Å². The van der Waals surface area contributed by atoms with Gasteiger partial charge in [0.2, 0.25) is 0 Å². The van der Waals surface area contributed by atoms with Crippen molar-refractivity contribution in [3.8, 4) is 0 Å². The number of ether oxygens (including phenoxy) is 2. The Hall–Kier alpha value is -1.91. The maximum atomic E-state index is 5.84. The molecule has 1 aliphatic rings. The summed E-state index contributed by atoms with van der Waals surface area (Å²) in [5, 5.41) is 0. The third-order valence-corrected chi connectivity index (χ3v) is 3.04. The van der Waals surface area contributed by atoms with Crippen LogP contribution in [-0.4, -0.2) is 22.7 Å². The van der Waals surface area contributed by atoms with Crippen LogP contribution in [0.15, 0.2) is 55.0 Å². The number of hydrogen-bond acceptors (Lipinski definition) is 3. The lowest BCUT2D eigenvalue weighted by Crippen LogP contribution is -2.15. The minimum atomic E-state index is -0.0344. The smallest absolute Gasteiger partial charge is 0.118 e. The van der Waals surface area contributed by atoms with Crippen LogP contribution in [0, 0.1) is 0 Å². The lowest BCUT2D eigenvalue weighted by atomic mass is 10.2. The highest BCUT2D eigenvalue weighted by atomic mass is 16.5. The van der Waals surface area contributed by atoms with E-state index in [4.69, 9.17) is 9.47 Å². The molecular formula is C15H16N2O2. The van der Waals surface area contributed by atoms with Crippen LogP contribution < -0.4 is 0 Å². The first-order valence-electron chi connectivity index (χ1n) is 6.35. The maximum absolute atomic E-state index is 5.84. The number of H-pyrrole nitrogens is 1. The molecule has 0 saturated heterocycles. The minimum Gasteiger partial charge on any atom is -0.374 e. The molecule has 1 aromatic heterocycles. The second-order valence-electron chi connectivity index (χ2n) is 4.49. The summed E-state index contributed by atoms with van der Waals surface area (Å²) in [5.41, 5.74) is 2.15. The van der Waals surface area contributed by atoms with Crippen LogP contribution in [0.5, 0.6) is 0 Å². The lowest BCUT2D eigenvalue weighted by molar-refractivity contribution is -0.00993. The van der Waals surface area contributed by atoms with E-state index in [9.17, 15) is 0 Å². The molecular weight excluding hydrogens is 240 g/mol. The van der Waals surface area contributed by atoms with Crippen LogP contribution in [0.2, 0.25) is 0 Å². The first-order chi connectivity index (χ1) is 9.42. The molecule has 0 spiro atoms. The molecule has 4 heteroatoms. The molecule has 0 amide bonds. The number of aromatic nitrogens is 2. The molecule has 0 aliphatic carbocycles. The van der Waals surface area contributed by atoms with Gasteiger partial charge in [0.1, 0.15) is 12.2 Å². The van der Waals surface area contributed by atoms with E-state index in [2.05, 4.69) is 22.1 Å². The van der Waals surface area contributed by atoms with Gasteiger partial charge in [-0.2, -0.15) is 0 Å². The molecule has 3 rings (SSSR count). The van der Waals surface area contributed by atoms with Crippen molar-refractivity contribution in [1.29, 1.82) is 0 Å².